The smallest absolute Gasteiger partial charge is 0.0534 e. The molecule has 0 amide bonds. The van der Waals surface area contributed by atoms with Crippen molar-refractivity contribution in [3.8, 4) is 0 Å². The third-order valence-corrected chi connectivity index (χ3v) is 3.54. The Bertz CT molecular complexity index is 326. The first-order valence-corrected chi connectivity index (χ1v) is 6.72. The highest BCUT2D eigenvalue weighted by atomic mass is 15.3. The maximum absolute atomic E-state index is 4.38. The molecular formula is C13H24N4. The van der Waals surface area contributed by atoms with Gasteiger partial charge >= 0.3 is 0 Å². The molecule has 96 valence electrons. The van der Waals surface area contributed by atoms with Crippen LogP contribution in [-0.2, 0) is 13.1 Å². The van der Waals surface area contributed by atoms with E-state index in [2.05, 4.69) is 40.2 Å². The van der Waals surface area contributed by atoms with Crippen LogP contribution in [-0.4, -0.2) is 40.9 Å². The first kappa shape index (κ1) is 12.6. The standard InChI is InChI=1S/C13H24N4/c1-3-6-17-11-12(9-15-17)10-16-7-4-13(14-2)5-8-16/h9,11,13-14H,3-8,10H2,1-2H3. The molecular weight excluding hydrogens is 212 g/mol. The SMILES string of the molecule is CCCn1cc(CN2CCC(NC)CC2)cn1. The molecule has 4 nitrogen and oxygen atoms in total. The Balaban J connectivity index is 1.80. The summed E-state index contributed by atoms with van der Waals surface area (Å²) in [5, 5.41) is 7.75. The zero-order valence-electron chi connectivity index (χ0n) is 11.0. The van der Waals surface area contributed by atoms with Crippen molar-refractivity contribution in [2.75, 3.05) is 20.1 Å². The first-order chi connectivity index (χ1) is 8.31. The van der Waals surface area contributed by atoms with Crippen LogP contribution in [0.4, 0.5) is 0 Å². The molecule has 17 heavy (non-hydrogen) atoms. The highest BCUT2D eigenvalue weighted by Crippen LogP contribution is 2.13. The fraction of sp³-hybridized carbons (Fsp3) is 0.769. The zero-order valence-corrected chi connectivity index (χ0v) is 11.0. The summed E-state index contributed by atoms with van der Waals surface area (Å²) in [5.41, 5.74) is 1.35. The maximum Gasteiger partial charge on any atom is 0.0534 e. The first-order valence-electron chi connectivity index (χ1n) is 6.72. The van der Waals surface area contributed by atoms with Crippen LogP contribution in [0.5, 0.6) is 0 Å². The second-order valence-electron chi connectivity index (χ2n) is 4.95. The van der Waals surface area contributed by atoms with Gasteiger partial charge in [0.05, 0.1) is 6.20 Å². The van der Waals surface area contributed by atoms with Crippen LogP contribution >= 0.6 is 0 Å². The maximum atomic E-state index is 4.38. The molecule has 0 aliphatic carbocycles. The lowest BCUT2D eigenvalue weighted by Gasteiger charge is -2.31. The van der Waals surface area contributed by atoms with Crippen LogP contribution in [0.3, 0.4) is 0 Å². The Labute approximate surface area is 104 Å². The Morgan fingerprint density at radius 3 is 2.82 bits per heavy atom. The van der Waals surface area contributed by atoms with Crippen LogP contribution in [0.25, 0.3) is 0 Å². The molecule has 1 fully saturated rings. The molecule has 0 aromatic carbocycles. The topological polar surface area (TPSA) is 33.1 Å². The van der Waals surface area contributed by atoms with E-state index in [1.165, 1.54) is 31.5 Å². The van der Waals surface area contributed by atoms with Crippen molar-refractivity contribution >= 4 is 0 Å². The van der Waals surface area contributed by atoms with Gasteiger partial charge in [0.1, 0.15) is 0 Å². The van der Waals surface area contributed by atoms with Crippen LogP contribution in [0, 0.1) is 0 Å². The molecule has 0 unspecified atom stereocenters. The lowest BCUT2D eigenvalue weighted by Crippen LogP contribution is -2.40. The Kier molecular flexibility index (Phi) is 4.57. The molecule has 1 saturated heterocycles. The number of aryl methyl sites for hydroxylation is 1. The van der Waals surface area contributed by atoms with E-state index in [1.807, 2.05) is 6.20 Å². The normalized spacial score (nSPS) is 18.7. The largest absolute Gasteiger partial charge is 0.317 e. The molecule has 1 aliphatic rings. The summed E-state index contributed by atoms with van der Waals surface area (Å²) in [5.74, 6) is 0. The van der Waals surface area contributed by atoms with E-state index in [1.54, 1.807) is 0 Å². The van der Waals surface area contributed by atoms with Gasteiger partial charge in [-0.25, -0.2) is 0 Å². The molecule has 0 spiro atoms. The molecule has 0 saturated carbocycles. The second-order valence-corrected chi connectivity index (χ2v) is 4.95. The lowest BCUT2D eigenvalue weighted by molar-refractivity contribution is 0.194. The minimum Gasteiger partial charge on any atom is -0.317 e. The van der Waals surface area contributed by atoms with Crippen molar-refractivity contribution in [3.63, 3.8) is 0 Å². The van der Waals surface area contributed by atoms with E-state index in [-0.39, 0.29) is 0 Å². The number of rotatable bonds is 5. The van der Waals surface area contributed by atoms with Crippen molar-refractivity contribution in [1.82, 2.24) is 20.0 Å². The van der Waals surface area contributed by atoms with E-state index in [4.69, 9.17) is 0 Å². The predicted molar refractivity (Wildman–Crippen MR) is 69.9 cm³/mol. The number of likely N-dealkylation sites (tertiary alicyclic amines) is 1. The molecule has 4 heteroatoms. The molecule has 1 aromatic heterocycles. The van der Waals surface area contributed by atoms with E-state index >= 15 is 0 Å². The molecule has 2 heterocycles. The Morgan fingerprint density at radius 1 is 1.41 bits per heavy atom. The van der Waals surface area contributed by atoms with Crippen molar-refractivity contribution in [1.29, 1.82) is 0 Å². The summed E-state index contributed by atoms with van der Waals surface area (Å²) in [7, 11) is 2.06. The van der Waals surface area contributed by atoms with E-state index < -0.39 is 0 Å². The van der Waals surface area contributed by atoms with Gasteiger partial charge in [-0.1, -0.05) is 6.92 Å². The predicted octanol–water partition coefficient (Wildman–Crippen LogP) is 1.48. The van der Waals surface area contributed by atoms with Crippen LogP contribution in [0.2, 0.25) is 0 Å². The third kappa shape index (κ3) is 3.54. The zero-order chi connectivity index (χ0) is 12.1. The monoisotopic (exact) mass is 236 g/mol. The summed E-state index contributed by atoms with van der Waals surface area (Å²) >= 11 is 0. The number of aromatic nitrogens is 2. The number of hydrogen-bond donors (Lipinski definition) is 1. The summed E-state index contributed by atoms with van der Waals surface area (Å²) < 4.78 is 2.05. The molecule has 2 rings (SSSR count). The number of nitrogens with zero attached hydrogens (tertiary/aromatic N) is 3. The Morgan fingerprint density at radius 2 is 2.18 bits per heavy atom. The highest BCUT2D eigenvalue weighted by molar-refractivity contribution is 5.04. The molecule has 0 atom stereocenters. The fourth-order valence-electron chi connectivity index (χ4n) is 2.48. The van der Waals surface area contributed by atoms with E-state index in [0.717, 1.165) is 19.5 Å². The summed E-state index contributed by atoms with van der Waals surface area (Å²) in [6.45, 7) is 6.67. The van der Waals surface area contributed by atoms with Gasteiger partial charge in [0.15, 0.2) is 0 Å². The molecule has 1 N–H and O–H groups in total. The van der Waals surface area contributed by atoms with Crippen molar-refractivity contribution < 1.29 is 0 Å². The molecule has 1 aliphatic heterocycles. The molecule has 1 aromatic rings. The van der Waals surface area contributed by atoms with Crippen LogP contribution in [0.1, 0.15) is 31.7 Å². The average molecular weight is 236 g/mol. The van der Waals surface area contributed by atoms with Crippen molar-refractivity contribution in [3.05, 3.63) is 18.0 Å². The van der Waals surface area contributed by atoms with Gasteiger partial charge < -0.3 is 5.32 Å². The number of piperidine rings is 1. The summed E-state index contributed by atoms with van der Waals surface area (Å²) in [6.07, 6.45) is 7.88. The van der Waals surface area contributed by atoms with Gasteiger partial charge in [0.25, 0.3) is 0 Å². The Hall–Kier alpha value is -0.870. The average Bonchev–Trinajstić information content (AvgIpc) is 2.78. The van der Waals surface area contributed by atoms with Gasteiger partial charge in [0.2, 0.25) is 0 Å². The molecule has 0 bridgehead atoms. The molecule has 0 radical (unpaired) electrons. The van der Waals surface area contributed by atoms with E-state index in [9.17, 15) is 0 Å². The van der Waals surface area contributed by atoms with E-state index in [0.29, 0.717) is 6.04 Å². The highest BCUT2D eigenvalue weighted by Gasteiger charge is 2.17. The second kappa shape index (κ2) is 6.17. The lowest BCUT2D eigenvalue weighted by atomic mass is 10.1. The van der Waals surface area contributed by atoms with Gasteiger partial charge in [-0.15, -0.1) is 0 Å². The van der Waals surface area contributed by atoms with Crippen molar-refractivity contribution in [2.45, 2.75) is 45.3 Å². The van der Waals surface area contributed by atoms with Gasteiger partial charge in [-0.05, 0) is 39.4 Å². The van der Waals surface area contributed by atoms with Gasteiger partial charge in [-0.2, -0.15) is 5.10 Å². The summed E-state index contributed by atoms with van der Waals surface area (Å²) in [4.78, 5) is 2.53. The van der Waals surface area contributed by atoms with Crippen molar-refractivity contribution in [2.24, 2.45) is 0 Å². The number of nitrogens with one attached hydrogen (secondary N) is 1. The summed E-state index contributed by atoms with van der Waals surface area (Å²) in [6, 6.07) is 0.717. The minimum atomic E-state index is 0.717. The van der Waals surface area contributed by atoms with Gasteiger partial charge in [0, 0.05) is 30.9 Å². The van der Waals surface area contributed by atoms with Crippen LogP contribution < -0.4 is 5.32 Å². The van der Waals surface area contributed by atoms with Gasteiger partial charge in [-0.3, -0.25) is 9.58 Å². The van der Waals surface area contributed by atoms with Crippen LogP contribution in [0.15, 0.2) is 12.4 Å². The fourth-order valence-corrected chi connectivity index (χ4v) is 2.48. The number of hydrogen-bond acceptors (Lipinski definition) is 3. The minimum absolute atomic E-state index is 0.717. The quantitative estimate of drug-likeness (QED) is 0.840. The third-order valence-electron chi connectivity index (χ3n) is 3.54.